The highest BCUT2D eigenvalue weighted by Crippen LogP contribution is 2.31. The van der Waals surface area contributed by atoms with Crippen LogP contribution in [-0.2, 0) is 11.4 Å². The van der Waals surface area contributed by atoms with Crippen LogP contribution in [0.1, 0.15) is 32.3 Å². The Morgan fingerprint density at radius 2 is 1.91 bits per heavy atom. The van der Waals surface area contributed by atoms with Crippen LogP contribution in [0.5, 0.6) is 0 Å². The van der Waals surface area contributed by atoms with Gasteiger partial charge in [-0.25, -0.2) is 15.4 Å². The molecule has 118 valence electrons. The van der Waals surface area contributed by atoms with Gasteiger partial charge in [-0.05, 0) is 31.9 Å². The molecule has 5 nitrogen and oxygen atoms in total. The van der Waals surface area contributed by atoms with Crippen molar-refractivity contribution in [2.75, 3.05) is 0 Å². The molecule has 0 aliphatic carbocycles. The molecule has 0 spiro atoms. The smallest absolute Gasteiger partial charge is 0.269 e. The maximum atomic E-state index is 12.3. The Bertz CT molecular complexity index is 859. The van der Waals surface area contributed by atoms with Gasteiger partial charge in [0.2, 0.25) is 0 Å². The summed E-state index contributed by atoms with van der Waals surface area (Å²) < 4.78 is 0. The van der Waals surface area contributed by atoms with Gasteiger partial charge >= 0.3 is 0 Å². The summed E-state index contributed by atoms with van der Waals surface area (Å²) in [6.45, 7) is 6.03. The van der Waals surface area contributed by atoms with Crippen LogP contribution in [-0.4, -0.2) is 15.9 Å². The van der Waals surface area contributed by atoms with E-state index in [1.54, 1.807) is 0 Å². The number of hydroxylamine groups is 1. The van der Waals surface area contributed by atoms with Crippen molar-refractivity contribution in [2.45, 2.75) is 27.4 Å². The third-order valence-corrected chi connectivity index (χ3v) is 4.72. The van der Waals surface area contributed by atoms with Gasteiger partial charge in [-0.3, -0.25) is 9.63 Å². The zero-order chi connectivity index (χ0) is 16.4. The van der Waals surface area contributed by atoms with E-state index in [9.17, 15) is 4.79 Å². The molecule has 1 N–H and O–H groups in total. The fraction of sp³-hybridized carbons (Fsp3) is 0.235. The molecule has 0 saturated heterocycles. The number of hydrogen-bond acceptors (Lipinski definition) is 5. The minimum atomic E-state index is -0.251. The molecule has 2 aromatic heterocycles. The van der Waals surface area contributed by atoms with Crippen molar-refractivity contribution in [3.8, 4) is 0 Å². The first-order valence-electron chi connectivity index (χ1n) is 7.26. The summed E-state index contributed by atoms with van der Waals surface area (Å²) in [5.41, 5.74) is 5.29. The van der Waals surface area contributed by atoms with Crippen LogP contribution in [0.2, 0.25) is 0 Å². The van der Waals surface area contributed by atoms with Crippen LogP contribution < -0.4 is 5.48 Å². The Balaban J connectivity index is 1.76. The van der Waals surface area contributed by atoms with Crippen molar-refractivity contribution < 1.29 is 9.63 Å². The Morgan fingerprint density at radius 3 is 2.65 bits per heavy atom. The minimum absolute atomic E-state index is 0.251. The summed E-state index contributed by atoms with van der Waals surface area (Å²) in [5.74, 6) is 0.460. The van der Waals surface area contributed by atoms with Gasteiger partial charge in [0.05, 0.1) is 11.5 Å². The van der Waals surface area contributed by atoms with Crippen molar-refractivity contribution in [2.24, 2.45) is 0 Å². The standard InChI is InChI=1S/C17H17N3O2S/c1-10-14-11(2)18-12(3)19-17(14)23-15(10)16(21)20-22-9-13-7-5-4-6-8-13/h4-8H,9H2,1-3H3,(H,20,21). The van der Waals surface area contributed by atoms with Gasteiger partial charge in [0.15, 0.2) is 0 Å². The van der Waals surface area contributed by atoms with E-state index >= 15 is 0 Å². The van der Waals surface area contributed by atoms with Gasteiger partial charge in [0.25, 0.3) is 5.91 Å². The number of thiophene rings is 1. The van der Waals surface area contributed by atoms with E-state index in [1.165, 1.54) is 11.3 Å². The van der Waals surface area contributed by atoms with Crippen molar-refractivity contribution in [1.82, 2.24) is 15.4 Å². The van der Waals surface area contributed by atoms with Crippen LogP contribution >= 0.6 is 11.3 Å². The lowest BCUT2D eigenvalue weighted by Crippen LogP contribution is -2.23. The van der Waals surface area contributed by atoms with E-state index in [-0.39, 0.29) is 5.91 Å². The monoisotopic (exact) mass is 327 g/mol. The lowest BCUT2D eigenvalue weighted by atomic mass is 10.1. The fourth-order valence-electron chi connectivity index (χ4n) is 2.50. The molecule has 0 aliphatic heterocycles. The topological polar surface area (TPSA) is 64.1 Å². The van der Waals surface area contributed by atoms with Crippen LogP contribution in [0.15, 0.2) is 30.3 Å². The molecule has 6 heteroatoms. The number of fused-ring (bicyclic) bond motifs is 1. The summed E-state index contributed by atoms with van der Waals surface area (Å²) in [6.07, 6.45) is 0. The predicted octanol–water partition coefficient (Wildman–Crippen LogP) is 3.48. The second-order valence-electron chi connectivity index (χ2n) is 5.30. The summed E-state index contributed by atoms with van der Waals surface area (Å²) in [4.78, 5) is 27.9. The molecular weight excluding hydrogens is 310 g/mol. The second-order valence-corrected chi connectivity index (χ2v) is 6.30. The van der Waals surface area contributed by atoms with Crippen molar-refractivity contribution in [3.63, 3.8) is 0 Å². The molecule has 1 aromatic carbocycles. The minimum Gasteiger partial charge on any atom is -0.269 e. The highest BCUT2D eigenvalue weighted by atomic mass is 32.1. The van der Waals surface area contributed by atoms with Crippen LogP contribution in [0.25, 0.3) is 10.2 Å². The molecule has 0 saturated carbocycles. The number of amides is 1. The first kappa shape index (κ1) is 15.6. The summed E-state index contributed by atoms with van der Waals surface area (Å²) >= 11 is 1.36. The Hall–Kier alpha value is -2.31. The average Bonchev–Trinajstić information content (AvgIpc) is 2.85. The molecule has 23 heavy (non-hydrogen) atoms. The number of benzene rings is 1. The zero-order valence-electron chi connectivity index (χ0n) is 13.2. The largest absolute Gasteiger partial charge is 0.285 e. The SMILES string of the molecule is Cc1nc(C)c2c(C)c(C(=O)NOCc3ccccc3)sc2n1. The van der Waals surface area contributed by atoms with E-state index in [2.05, 4.69) is 15.4 Å². The number of hydrogen-bond donors (Lipinski definition) is 1. The highest BCUT2D eigenvalue weighted by Gasteiger charge is 2.18. The molecule has 3 rings (SSSR count). The molecular formula is C17H17N3O2S. The number of aryl methyl sites for hydroxylation is 3. The number of nitrogens with one attached hydrogen (secondary N) is 1. The van der Waals surface area contributed by atoms with Crippen molar-refractivity contribution in [1.29, 1.82) is 0 Å². The normalized spacial score (nSPS) is 10.9. The molecule has 0 atom stereocenters. The molecule has 3 aromatic rings. The molecule has 0 bridgehead atoms. The predicted molar refractivity (Wildman–Crippen MR) is 90.3 cm³/mol. The fourth-order valence-corrected chi connectivity index (χ4v) is 3.66. The highest BCUT2D eigenvalue weighted by molar-refractivity contribution is 7.20. The maximum Gasteiger partial charge on any atom is 0.285 e. The Labute approximate surface area is 138 Å². The maximum absolute atomic E-state index is 12.3. The van der Waals surface area contributed by atoms with Gasteiger partial charge in [-0.15, -0.1) is 11.3 Å². The number of nitrogens with zero attached hydrogens (tertiary/aromatic N) is 2. The van der Waals surface area contributed by atoms with Gasteiger partial charge < -0.3 is 0 Å². The third-order valence-electron chi connectivity index (χ3n) is 3.54. The lowest BCUT2D eigenvalue weighted by Gasteiger charge is -2.05. The molecule has 0 unspecified atom stereocenters. The lowest BCUT2D eigenvalue weighted by molar-refractivity contribution is 0.0236. The zero-order valence-corrected chi connectivity index (χ0v) is 14.0. The first-order chi connectivity index (χ1) is 11.1. The van der Waals surface area contributed by atoms with E-state index in [0.717, 1.165) is 27.0 Å². The van der Waals surface area contributed by atoms with Gasteiger partial charge in [0.1, 0.15) is 10.7 Å². The molecule has 1 amide bonds. The van der Waals surface area contributed by atoms with E-state index in [1.807, 2.05) is 51.1 Å². The van der Waals surface area contributed by atoms with Gasteiger partial charge in [0, 0.05) is 11.1 Å². The van der Waals surface area contributed by atoms with Gasteiger partial charge in [-0.1, -0.05) is 30.3 Å². The van der Waals surface area contributed by atoms with Crippen LogP contribution in [0.4, 0.5) is 0 Å². The number of carbonyl (C=O) groups is 1. The Kier molecular flexibility index (Phi) is 4.36. The van der Waals surface area contributed by atoms with E-state index in [0.29, 0.717) is 17.3 Å². The molecule has 0 aliphatic rings. The van der Waals surface area contributed by atoms with E-state index < -0.39 is 0 Å². The summed E-state index contributed by atoms with van der Waals surface area (Å²) in [7, 11) is 0. The molecule has 0 radical (unpaired) electrons. The van der Waals surface area contributed by atoms with Crippen LogP contribution in [0, 0.1) is 20.8 Å². The van der Waals surface area contributed by atoms with Crippen molar-refractivity contribution in [3.05, 3.63) is 57.9 Å². The quantitative estimate of drug-likeness (QED) is 0.745. The number of carbonyl (C=O) groups excluding carboxylic acids is 1. The number of aromatic nitrogens is 2. The van der Waals surface area contributed by atoms with E-state index in [4.69, 9.17) is 4.84 Å². The Morgan fingerprint density at radius 1 is 1.17 bits per heavy atom. The first-order valence-corrected chi connectivity index (χ1v) is 8.08. The third kappa shape index (κ3) is 3.23. The average molecular weight is 327 g/mol. The molecule has 0 fully saturated rings. The van der Waals surface area contributed by atoms with Crippen molar-refractivity contribution >= 4 is 27.5 Å². The number of rotatable bonds is 4. The summed E-state index contributed by atoms with van der Waals surface area (Å²) in [6, 6.07) is 9.69. The molecule has 2 heterocycles. The van der Waals surface area contributed by atoms with Crippen LogP contribution in [0.3, 0.4) is 0 Å². The van der Waals surface area contributed by atoms with Gasteiger partial charge in [-0.2, -0.15) is 0 Å². The second kappa shape index (κ2) is 6.44. The summed E-state index contributed by atoms with van der Waals surface area (Å²) in [5, 5.41) is 0.953.